The molecule has 7 nitrogen and oxygen atoms in total. The number of fused-ring (bicyclic) bond motifs is 2. The van der Waals surface area contributed by atoms with Gasteiger partial charge in [0.1, 0.15) is 18.8 Å². The van der Waals surface area contributed by atoms with Crippen molar-refractivity contribution in [2.24, 2.45) is 0 Å². The smallest absolute Gasteiger partial charge is 0.148 e. The van der Waals surface area contributed by atoms with Gasteiger partial charge in [-0.25, -0.2) is 4.98 Å². The maximum atomic E-state index is 11.3. The molecule has 0 spiro atoms. The average molecular weight is 398 g/mol. The molecule has 7 heteroatoms. The third-order valence-corrected chi connectivity index (χ3v) is 5.02. The number of nitrogens with zero attached hydrogens (tertiary/aromatic N) is 2. The highest BCUT2D eigenvalue weighted by atomic mass is 16.3. The van der Waals surface area contributed by atoms with Crippen LogP contribution in [0.1, 0.15) is 30.7 Å². The third-order valence-electron chi connectivity index (χ3n) is 5.02. The summed E-state index contributed by atoms with van der Waals surface area (Å²) in [4.78, 5) is 26.1. The summed E-state index contributed by atoms with van der Waals surface area (Å²) in [6, 6.07) is 5.14. The van der Waals surface area contributed by atoms with Gasteiger partial charge in [0.05, 0.1) is 29.6 Å². The van der Waals surface area contributed by atoms with Gasteiger partial charge in [0.15, 0.2) is 0 Å². The second kappa shape index (κ2) is 9.45. The molecule has 0 saturated heterocycles. The Morgan fingerprint density at radius 1 is 1.38 bits per heavy atom. The van der Waals surface area contributed by atoms with Crippen LogP contribution < -0.4 is 0 Å². The second-order valence-corrected chi connectivity index (χ2v) is 6.79. The summed E-state index contributed by atoms with van der Waals surface area (Å²) in [5.41, 5.74) is 5.11. The highest BCUT2D eigenvalue weighted by molar-refractivity contribution is 5.89. The van der Waals surface area contributed by atoms with Gasteiger partial charge in [-0.1, -0.05) is 6.92 Å². The third kappa shape index (κ3) is 4.21. The molecule has 0 fully saturated rings. The van der Waals surface area contributed by atoms with Crippen LogP contribution in [-0.2, 0) is 22.6 Å². The minimum Gasteiger partial charge on any atom is -0.508 e. The van der Waals surface area contributed by atoms with E-state index < -0.39 is 12.7 Å². The van der Waals surface area contributed by atoms with Gasteiger partial charge < -0.3 is 25.0 Å². The first kappa shape index (κ1) is 22.3. The zero-order chi connectivity index (χ0) is 21.7. The molecule has 1 aromatic heterocycles. The number of aldehydes is 1. The molecule has 1 aromatic carbocycles. The Kier molecular flexibility index (Phi) is 7.25. The standard InChI is InChI=1S/C21H24N2O4.CH2O/c1-4-15-17-7-14(27)5-6-19(17)22-21-18(15)9-23(3)20(21)8-16(12(2)26)13(10-24)11-25;1-2/h5-8,10,12,25-27H,4,9,11H2,1-3H3;1H2/b16-13-,20-8-;. The van der Waals surface area contributed by atoms with E-state index in [1.807, 2.05) is 18.7 Å². The van der Waals surface area contributed by atoms with Gasteiger partial charge in [-0.2, -0.15) is 0 Å². The van der Waals surface area contributed by atoms with Crippen molar-refractivity contribution in [2.45, 2.75) is 32.9 Å². The van der Waals surface area contributed by atoms with Crippen LogP contribution in [0.2, 0.25) is 0 Å². The van der Waals surface area contributed by atoms with Crippen LogP contribution in [-0.4, -0.2) is 58.0 Å². The summed E-state index contributed by atoms with van der Waals surface area (Å²) in [6.45, 7) is 5.84. The Bertz CT molecular complexity index is 979. The lowest BCUT2D eigenvalue weighted by atomic mass is 9.97. The molecule has 0 aliphatic carbocycles. The summed E-state index contributed by atoms with van der Waals surface area (Å²) in [5, 5.41) is 30.3. The average Bonchev–Trinajstić information content (AvgIpc) is 3.02. The number of rotatable bonds is 5. The normalized spacial score (nSPS) is 16.2. The number of aromatic nitrogens is 1. The number of hydrogen-bond acceptors (Lipinski definition) is 7. The monoisotopic (exact) mass is 398 g/mol. The fourth-order valence-electron chi connectivity index (χ4n) is 3.65. The topological polar surface area (TPSA) is 111 Å². The van der Waals surface area contributed by atoms with E-state index in [2.05, 4.69) is 6.92 Å². The summed E-state index contributed by atoms with van der Waals surface area (Å²) in [7, 11) is 1.92. The molecule has 1 atom stereocenters. The van der Waals surface area contributed by atoms with E-state index in [9.17, 15) is 20.1 Å². The largest absolute Gasteiger partial charge is 0.508 e. The Labute approximate surface area is 169 Å². The predicted octanol–water partition coefficient (Wildman–Crippen LogP) is 1.97. The van der Waals surface area contributed by atoms with Gasteiger partial charge in [0.25, 0.3) is 0 Å². The summed E-state index contributed by atoms with van der Waals surface area (Å²) < 4.78 is 0. The fraction of sp³-hybridized carbons (Fsp3) is 0.318. The number of aromatic hydroxyl groups is 1. The molecule has 2 aromatic rings. The number of carbonyl (C=O) groups is 2. The first-order valence-electron chi connectivity index (χ1n) is 9.24. The molecule has 3 N–H and O–H groups in total. The van der Waals surface area contributed by atoms with E-state index in [0.717, 1.165) is 39.8 Å². The zero-order valence-electron chi connectivity index (χ0n) is 16.8. The van der Waals surface area contributed by atoms with Crippen LogP contribution in [0, 0.1) is 0 Å². The Hall–Kier alpha value is -3.03. The van der Waals surface area contributed by atoms with Crippen molar-refractivity contribution in [3.8, 4) is 5.75 Å². The van der Waals surface area contributed by atoms with Gasteiger partial charge >= 0.3 is 0 Å². The van der Waals surface area contributed by atoms with E-state index in [4.69, 9.17) is 9.78 Å². The quantitative estimate of drug-likeness (QED) is 0.522. The van der Waals surface area contributed by atoms with Crippen LogP contribution in [0.25, 0.3) is 16.6 Å². The number of carbonyl (C=O) groups excluding carboxylic acids is 2. The Morgan fingerprint density at radius 3 is 2.62 bits per heavy atom. The van der Waals surface area contributed by atoms with Crippen LogP contribution in [0.15, 0.2) is 35.4 Å². The van der Waals surface area contributed by atoms with Crippen molar-refractivity contribution in [3.63, 3.8) is 0 Å². The highest BCUT2D eigenvalue weighted by Crippen LogP contribution is 2.37. The molecule has 1 aliphatic heterocycles. The van der Waals surface area contributed by atoms with Crippen molar-refractivity contribution in [2.75, 3.05) is 13.7 Å². The molecule has 3 rings (SSSR count). The van der Waals surface area contributed by atoms with Gasteiger partial charge in [-0.3, -0.25) is 4.79 Å². The molecule has 29 heavy (non-hydrogen) atoms. The molecular formula is C22H26N2O5. The number of aliphatic hydroxyl groups excluding tert-OH is 2. The molecule has 154 valence electrons. The number of phenolic OH excluding ortho intramolecular Hbond substituents is 1. The minimum atomic E-state index is -0.898. The van der Waals surface area contributed by atoms with Crippen molar-refractivity contribution in [1.29, 1.82) is 0 Å². The fourth-order valence-corrected chi connectivity index (χ4v) is 3.65. The molecule has 2 heterocycles. The molecule has 0 bridgehead atoms. The second-order valence-electron chi connectivity index (χ2n) is 6.79. The van der Waals surface area contributed by atoms with Gasteiger partial charge in [0, 0.05) is 30.1 Å². The summed E-state index contributed by atoms with van der Waals surface area (Å²) in [5.74, 6) is 0.207. The van der Waals surface area contributed by atoms with Crippen LogP contribution >= 0.6 is 0 Å². The summed E-state index contributed by atoms with van der Waals surface area (Å²) >= 11 is 0. The first-order valence-corrected chi connectivity index (χ1v) is 9.24. The predicted molar refractivity (Wildman–Crippen MR) is 111 cm³/mol. The molecule has 1 unspecified atom stereocenters. The zero-order valence-corrected chi connectivity index (χ0v) is 16.8. The Morgan fingerprint density at radius 2 is 2.07 bits per heavy atom. The SMILES string of the molecule is C=O.CCc1c2c(nc3ccc(O)cc13)/C(=C/C(=C(\C=O)CO)C(C)O)N(C)C2. The highest BCUT2D eigenvalue weighted by Gasteiger charge is 2.27. The lowest BCUT2D eigenvalue weighted by Gasteiger charge is -2.16. The van der Waals surface area contributed by atoms with Gasteiger partial charge in [-0.15, -0.1) is 0 Å². The number of hydrogen-bond donors (Lipinski definition) is 3. The van der Waals surface area contributed by atoms with Gasteiger partial charge in [0.2, 0.25) is 0 Å². The van der Waals surface area contributed by atoms with E-state index in [0.29, 0.717) is 18.4 Å². The van der Waals surface area contributed by atoms with E-state index >= 15 is 0 Å². The molecule has 1 aliphatic rings. The molecule has 0 saturated carbocycles. The number of aliphatic hydroxyl groups is 2. The van der Waals surface area contributed by atoms with Crippen molar-refractivity contribution in [1.82, 2.24) is 9.88 Å². The van der Waals surface area contributed by atoms with E-state index in [1.54, 1.807) is 31.2 Å². The molecular weight excluding hydrogens is 372 g/mol. The van der Waals surface area contributed by atoms with Crippen LogP contribution in [0.5, 0.6) is 5.75 Å². The Balaban J connectivity index is 0.00000145. The minimum absolute atomic E-state index is 0.153. The lowest BCUT2D eigenvalue weighted by molar-refractivity contribution is -0.105. The number of phenols is 1. The molecule has 0 radical (unpaired) electrons. The maximum Gasteiger partial charge on any atom is 0.148 e. The number of benzene rings is 1. The van der Waals surface area contributed by atoms with Crippen molar-refractivity contribution >= 4 is 29.7 Å². The number of pyridine rings is 1. The number of aryl methyl sites for hydroxylation is 1. The first-order chi connectivity index (χ1) is 13.9. The maximum absolute atomic E-state index is 11.3. The van der Waals surface area contributed by atoms with Gasteiger partial charge in [-0.05, 0) is 48.8 Å². The molecule has 0 amide bonds. The van der Waals surface area contributed by atoms with Crippen LogP contribution in [0.3, 0.4) is 0 Å². The van der Waals surface area contributed by atoms with Crippen LogP contribution in [0.4, 0.5) is 0 Å². The van der Waals surface area contributed by atoms with Crippen molar-refractivity contribution in [3.05, 3.63) is 52.2 Å². The van der Waals surface area contributed by atoms with E-state index in [1.165, 1.54) is 0 Å². The van der Waals surface area contributed by atoms with E-state index in [-0.39, 0.29) is 11.3 Å². The summed E-state index contributed by atoms with van der Waals surface area (Å²) in [6.07, 6.45) is 2.20. The lowest BCUT2D eigenvalue weighted by Crippen LogP contribution is -2.13. The van der Waals surface area contributed by atoms with Crippen molar-refractivity contribution < 1.29 is 24.9 Å².